The van der Waals surface area contributed by atoms with Crippen molar-refractivity contribution in [3.8, 4) is 0 Å². The van der Waals surface area contributed by atoms with Crippen LogP contribution in [0.1, 0.15) is 38.8 Å². The molecule has 0 aromatic heterocycles. The fourth-order valence-electron chi connectivity index (χ4n) is 1.84. The maximum absolute atomic E-state index is 11.8. The van der Waals surface area contributed by atoms with Crippen molar-refractivity contribution in [2.75, 3.05) is 13.1 Å². The average Bonchev–Trinajstić information content (AvgIpc) is 2.37. The zero-order valence-electron chi connectivity index (χ0n) is 13.4. The van der Waals surface area contributed by atoms with Gasteiger partial charge in [-0.1, -0.05) is 30.7 Å². The molecular weight excluding hydrogens is 288 g/mol. The number of rotatable bonds is 4. The third-order valence-corrected chi connectivity index (χ3v) is 3.75. The maximum Gasteiger partial charge on any atom is 0.407 e. The second-order valence-electron chi connectivity index (χ2n) is 6.58. The molecule has 0 radical (unpaired) electrons. The van der Waals surface area contributed by atoms with E-state index in [1.54, 1.807) is 0 Å². The van der Waals surface area contributed by atoms with Gasteiger partial charge in [0.15, 0.2) is 0 Å². The molecule has 1 unspecified atom stereocenters. The van der Waals surface area contributed by atoms with Gasteiger partial charge in [0.2, 0.25) is 0 Å². The molecule has 1 rings (SSSR count). The summed E-state index contributed by atoms with van der Waals surface area (Å²) in [5, 5.41) is 3.48. The molecule has 1 atom stereocenters. The number of amides is 1. The highest BCUT2D eigenvalue weighted by molar-refractivity contribution is 6.31. The largest absolute Gasteiger partial charge is 0.444 e. The number of nitrogens with one attached hydrogen (secondary N) is 1. The van der Waals surface area contributed by atoms with Gasteiger partial charge in [0.1, 0.15) is 5.60 Å². The lowest BCUT2D eigenvalue weighted by atomic mass is 9.82. The Morgan fingerprint density at radius 2 is 1.95 bits per heavy atom. The van der Waals surface area contributed by atoms with Crippen LogP contribution < -0.4 is 11.1 Å². The first-order valence-electron chi connectivity index (χ1n) is 7.01. The summed E-state index contributed by atoms with van der Waals surface area (Å²) in [5.41, 5.74) is 7.00. The van der Waals surface area contributed by atoms with Crippen molar-refractivity contribution < 1.29 is 9.53 Å². The molecule has 21 heavy (non-hydrogen) atoms. The molecule has 0 saturated heterocycles. The Morgan fingerprint density at radius 1 is 1.33 bits per heavy atom. The number of halogens is 1. The molecule has 5 heteroatoms. The molecule has 0 bridgehead atoms. The van der Waals surface area contributed by atoms with E-state index in [0.29, 0.717) is 18.1 Å². The molecule has 0 aliphatic heterocycles. The number of hydrogen-bond acceptors (Lipinski definition) is 3. The molecule has 0 spiro atoms. The van der Waals surface area contributed by atoms with E-state index in [4.69, 9.17) is 22.1 Å². The van der Waals surface area contributed by atoms with Crippen molar-refractivity contribution in [3.05, 3.63) is 34.3 Å². The Labute approximate surface area is 132 Å². The Balaban J connectivity index is 2.80. The minimum atomic E-state index is -0.517. The second-order valence-corrected chi connectivity index (χ2v) is 6.99. The van der Waals surface area contributed by atoms with Crippen molar-refractivity contribution in [1.29, 1.82) is 0 Å². The van der Waals surface area contributed by atoms with Gasteiger partial charge in [-0.2, -0.15) is 0 Å². The zero-order chi connectivity index (χ0) is 16.3. The van der Waals surface area contributed by atoms with Gasteiger partial charge in [0.05, 0.1) is 0 Å². The van der Waals surface area contributed by atoms with Crippen LogP contribution in [0.15, 0.2) is 18.2 Å². The first kappa shape index (κ1) is 17.8. The summed E-state index contributed by atoms with van der Waals surface area (Å²) >= 11 is 6.17. The minimum Gasteiger partial charge on any atom is -0.444 e. The lowest BCUT2D eigenvalue weighted by Gasteiger charge is -2.30. The number of benzene rings is 1. The maximum atomic E-state index is 11.8. The summed E-state index contributed by atoms with van der Waals surface area (Å²) in [7, 11) is 0. The molecule has 0 saturated carbocycles. The van der Waals surface area contributed by atoms with E-state index in [2.05, 4.69) is 5.32 Å². The van der Waals surface area contributed by atoms with Gasteiger partial charge in [-0.25, -0.2) is 4.79 Å². The molecule has 4 nitrogen and oxygen atoms in total. The molecular formula is C16H25ClN2O2. The SMILES string of the molecule is Cc1ccc(C(C)(CN)CNC(=O)OC(C)(C)C)cc1Cl. The molecule has 3 N–H and O–H groups in total. The Morgan fingerprint density at radius 3 is 2.43 bits per heavy atom. The lowest BCUT2D eigenvalue weighted by molar-refractivity contribution is 0.0516. The van der Waals surface area contributed by atoms with E-state index in [9.17, 15) is 4.79 Å². The summed E-state index contributed by atoms with van der Waals surface area (Å²) in [5.74, 6) is 0. The lowest BCUT2D eigenvalue weighted by Crippen LogP contribution is -2.45. The third kappa shape index (κ3) is 5.21. The first-order chi connectivity index (χ1) is 9.57. The number of hydrogen-bond donors (Lipinski definition) is 2. The van der Waals surface area contributed by atoms with Crippen LogP contribution >= 0.6 is 11.6 Å². The van der Waals surface area contributed by atoms with Gasteiger partial charge in [-0.05, 0) is 44.9 Å². The topological polar surface area (TPSA) is 64.3 Å². The van der Waals surface area contributed by atoms with Crippen molar-refractivity contribution in [1.82, 2.24) is 5.32 Å². The third-order valence-electron chi connectivity index (χ3n) is 3.34. The van der Waals surface area contributed by atoms with E-state index < -0.39 is 17.1 Å². The van der Waals surface area contributed by atoms with Gasteiger partial charge >= 0.3 is 6.09 Å². The van der Waals surface area contributed by atoms with Crippen LogP contribution in [-0.4, -0.2) is 24.8 Å². The van der Waals surface area contributed by atoms with Crippen molar-refractivity contribution in [2.24, 2.45) is 5.73 Å². The summed E-state index contributed by atoms with van der Waals surface area (Å²) in [4.78, 5) is 11.8. The number of ether oxygens (including phenoxy) is 1. The van der Waals surface area contributed by atoms with Crippen LogP contribution in [-0.2, 0) is 10.2 Å². The summed E-state index contributed by atoms with van der Waals surface area (Å²) in [6, 6.07) is 5.85. The number of alkyl carbamates (subject to hydrolysis) is 1. The zero-order valence-corrected chi connectivity index (χ0v) is 14.2. The van der Waals surface area contributed by atoms with E-state index in [1.807, 2.05) is 52.8 Å². The minimum absolute atomic E-state index is 0.387. The van der Waals surface area contributed by atoms with E-state index in [-0.39, 0.29) is 0 Å². The van der Waals surface area contributed by atoms with Crippen LogP contribution in [0.25, 0.3) is 0 Å². The van der Waals surface area contributed by atoms with Crippen molar-refractivity contribution in [2.45, 2.75) is 45.6 Å². The van der Waals surface area contributed by atoms with Gasteiger partial charge in [-0.3, -0.25) is 0 Å². The van der Waals surface area contributed by atoms with Gasteiger partial charge < -0.3 is 15.8 Å². The van der Waals surface area contributed by atoms with Crippen LogP contribution in [0.5, 0.6) is 0 Å². The number of carbonyl (C=O) groups is 1. The summed E-state index contributed by atoms with van der Waals surface area (Å²) in [6.45, 7) is 10.2. The van der Waals surface area contributed by atoms with Gasteiger partial charge in [0, 0.05) is 23.5 Å². The highest BCUT2D eigenvalue weighted by Crippen LogP contribution is 2.26. The average molecular weight is 313 g/mol. The Bertz CT molecular complexity index is 511. The predicted octanol–water partition coefficient (Wildman–Crippen LogP) is 3.39. The fraction of sp³-hybridized carbons (Fsp3) is 0.562. The van der Waals surface area contributed by atoms with Crippen molar-refractivity contribution >= 4 is 17.7 Å². The Hall–Kier alpha value is -1.26. The van der Waals surface area contributed by atoms with Crippen LogP contribution in [0.2, 0.25) is 5.02 Å². The van der Waals surface area contributed by atoms with Crippen LogP contribution in [0, 0.1) is 6.92 Å². The fourth-order valence-corrected chi connectivity index (χ4v) is 2.02. The smallest absolute Gasteiger partial charge is 0.407 e. The normalized spacial score (nSPS) is 14.4. The highest BCUT2D eigenvalue weighted by Gasteiger charge is 2.27. The standard InChI is InChI=1S/C16H25ClN2O2/c1-11-6-7-12(8-13(11)17)16(5,9-18)10-19-14(20)21-15(2,3)4/h6-8H,9-10,18H2,1-5H3,(H,19,20). The van der Waals surface area contributed by atoms with Crippen LogP contribution in [0.4, 0.5) is 4.79 Å². The van der Waals surface area contributed by atoms with Crippen molar-refractivity contribution in [3.63, 3.8) is 0 Å². The molecule has 0 heterocycles. The van der Waals surface area contributed by atoms with E-state index in [1.165, 1.54) is 0 Å². The quantitative estimate of drug-likeness (QED) is 0.895. The monoisotopic (exact) mass is 312 g/mol. The number of carbonyl (C=O) groups excluding carboxylic acids is 1. The summed E-state index contributed by atoms with van der Waals surface area (Å²) < 4.78 is 5.24. The highest BCUT2D eigenvalue weighted by atomic mass is 35.5. The molecule has 118 valence electrons. The molecule has 0 fully saturated rings. The molecule has 1 aromatic rings. The molecule has 0 aliphatic carbocycles. The van der Waals surface area contributed by atoms with E-state index >= 15 is 0 Å². The van der Waals surface area contributed by atoms with E-state index in [0.717, 1.165) is 11.1 Å². The molecule has 1 amide bonds. The number of nitrogens with two attached hydrogens (primary N) is 1. The molecule has 1 aromatic carbocycles. The predicted molar refractivity (Wildman–Crippen MR) is 86.8 cm³/mol. The second kappa shape index (κ2) is 6.67. The Kier molecular flexibility index (Phi) is 5.65. The number of aryl methyl sites for hydroxylation is 1. The van der Waals surface area contributed by atoms with Gasteiger partial charge in [-0.15, -0.1) is 0 Å². The van der Waals surface area contributed by atoms with Gasteiger partial charge in [0.25, 0.3) is 0 Å². The summed E-state index contributed by atoms with van der Waals surface area (Å²) in [6.07, 6.45) is -0.444. The first-order valence-corrected chi connectivity index (χ1v) is 7.39. The molecule has 0 aliphatic rings. The van der Waals surface area contributed by atoms with Crippen LogP contribution in [0.3, 0.4) is 0 Å².